The van der Waals surface area contributed by atoms with Gasteiger partial charge in [0.15, 0.2) is 11.5 Å². The second-order valence-electron chi connectivity index (χ2n) is 8.37. The molecule has 2 heterocycles. The molecule has 0 fully saturated rings. The monoisotopic (exact) mass is 546 g/mol. The predicted molar refractivity (Wildman–Crippen MR) is 142 cm³/mol. The summed E-state index contributed by atoms with van der Waals surface area (Å²) in [6.07, 6.45) is 1.79. The molecule has 0 aliphatic carbocycles. The Labute approximate surface area is 216 Å². The van der Waals surface area contributed by atoms with Crippen molar-refractivity contribution in [2.45, 2.75) is 19.3 Å². The molecular formula is C27H23BrN4O4. The van der Waals surface area contributed by atoms with Gasteiger partial charge in [-0.1, -0.05) is 24.8 Å². The number of hydrazone groups is 1. The molecule has 0 radical (unpaired) electrons. The molecule has 8 nitrogen and oxygen atoms in total. The molecular weight excluding hydrogens is 524 g/mol. The SMILES string of the molecule is C=C1c2cc(NC(=O)c3ccccc3Br)ccc2CCC/C(C(N)=O)=N\N1c1ccc2c(c1)OCO2. The van der Waals surface area contributed by atoms with E-state index in [2.05, 4.69) is 32.9 Å². The van der Waals surface area contributed by atoms with Gasteiger partial charge in [-0.25, -0.2) is 5.01 Å². The molecule has 3 aromatic carbocycles. The number of halogens is 1. The first kappa shape index (κ1) is 23.6. The normalized spacial score (nSPS) is 16.2. The van der Waals surface area contributed by atoms with Crippen LogP contribution in [0.5, 0.6) is 11.5 Å². The van der Waals surface area contributed by atoms with Crippen LogP contribution in [0.25, 0.3) is 5.70 Å². The first-order chi connectivity index (χ1) is 17.4. The number of nitrogens with two attached hydrogens (primary N) is 1. The Morgan fingerprint density at radius 3 is 2.64 bits per heavy atom. The third kappa shape index (κ3) is 4.70. The lowest BCUT2D eigenvalue weighted by molar-refractivity contribution is -0.112. The molecule has 2 amide bonds. The summed E-state index contributed by atoms with van der Waals surface area (Å²) in [6.45, 7) is 4.45. The summed E-state index contributed by atoms with van der Waals surface area (Å²) in [5, 5.41) is 9.16. The number of fused-ring (bicyclic) bond motifs is 2. The Hall–Kier alpha value is -4.11. The molecule has 2 aliphatic rings. The van der Waals surface area contributed by atoms with E-state index in [1.807, 2.05) is 42.5 Å². The molecule has 182 valence electrons. The number of anilines is 2. The molecule has 0 saturated heterocycles. The van der Waals surface area contributed by atoms with Gasteiger partial charge in [0.1, 0.15) is 5.71 Å². The van der Waals surface area contributed by atoms with Gasteiger partial charge >= 0.3 is 0 Å². The number of primary amides is 1. The fraction of sp³-hybridized carbons (Fsp3) is 0.148. The summed E-state index contributed by atoms with van der Waals surface area (Å²) in [4.78, 5) is 25.1. The second-order valence-corrected chi connectivity index (χ2v) is 9.22. The van der Waals surface area contributed by atoms with Crippen LogP contribution in [0.1, 0.15) is 34.3 Å². The van der Waals surface area contributed by atoms with Gasteiger partial charge in [0.2, 0.25) is 6.79 Å². The standard InChI is InChI=1S/C27H23BrN4O4/c1-16-21-13-18(30-27(34)20-6-2-3-7-22(20)28)10-9-17(21)5-4-8-23(26(29)33)31-32(16)19-11-12-24-25(14-19)36-15-35-24/h2-3,6-7,9-14H,1,4-5,8,15H2,(H2,29,33)(H,30,34)/b31-23+. The van der Waals surface area contributed by atoms with E-state index in [1.54, 1.807) is 23.2 Å². The molecule has 0 unspecified atom stereocenters. The van der Waals surface area contributed by atoms with Gasteiger partial charge < -0.3 is 20.5 Å². The van der Waals surface area contributed by atoms with Crippen molar-refractivity contribution in [2.24, 2.45) is 10.8 Å². The Kier molecular flexibility index (Phi) is 6.47. The molecule has 5 rings (SSSR count). The van der Waals surface area contributed by atoms with Crippen LogP contribution in [0.2, 0.25) is 0 Å². The zero-order valence-electron chi connectivity index (χ0n) is 19.3. The van der Waals surface area contributed by atoms with Gasteiger partial charge in [0.25, 0.3) is 11.8 Å². The van der Waals surface area contributed by atoms with Crippen molar-refractivity contribution in [1.29, 1.82) is 0 Å². The Morgan fingerprint density at radius 2 is 1.83 bits per heavy atom. The number of benzene rings is 3. The largest absolute Gasteiger partial charge is 0.454 e. The highest BCUT2D eigenvalue weighted by Gasteiger charge is 2.23. The van der Waals surface area contributed by atoms with Gasteiger partial charge in [-0.3, -0.25) is 9.59 Å². The van der Waals surface area contributed by atoms with E-state index in [1.165, 1.54) is 0 Å². The molecule has 36 heavy (non-hydrogen) atoms. The van der Waals surface area contributed by atoms with E-state index in [4.69, 9.17) is 15.2 Å². The highest BCUT2D eigenvalue weighted by Crippen LogP contribution is 2.39. The topological polar surface area (TPSA) is 106 Å². The van der Waals surface area contributed by atoms with E-state index in [0.29, 0.717) is 57.9 Å². The average Bonchev–Trinajstić information content (AvgIpc) is 3.35. The van der Waals surface area contributed by atoms with Gasteiger partial charge in [-0.2, -0.15) is 5.10 Å². The Balaban J connectivity index is 1.54. The van der Waals surface area contributed by atoms with E-state index >= 15 is 0 Å². The van der Waals surface area contributed by atoms with Crippen molar-refractivity contribution < 1.29 is 19.1 Å². The summed E-state index contributed by atoms with van der Waals surface area (Å²) in [5.41, 5.74) is 10.0. The minimum Gasteiger partial charge on any atom is -0.454 e. The van der Waals surface area contributed by atoms with Crippen LogP contribution in [-0.4, -0.2) is 24.3 Å². The zero-order valence-corrected chi connectivity index (χ0v) is 20.9. The maximum Gasteiger partial charge on any atom is 0.264 e. The van der Waals surface area contributed by atoms with Crippen LogP contribution in [0.4, 0.5) is 11.4 Å². The lowest BCUT2D eigenvalue weighted by Gasteiger charge is -2.24. The number of carbonyl (C=O) groups excluding carboxylic acids is 2. The van der Waals surface area contributed by atoms with Crippen LogP contribution >= 0.6 is 15.9 Å². The van der Waals surface area contributed by atoms with Crippen LogP contribution in [0, 0.1) is 0 Å². The van der Waals surface area contributed by atoms with E-state index in [9.17, 15) is 9.59 Å². The molecule has 0 aromatic heterocycles. The van der Waals surface area contributed by atoms with Crippen LogP contribution in [0.15, 0.2) is 76.8 Å². The second kappa shape index (κ2) is 9.87. The number of nitrogens with zero attached hydrogens (tertiary/aromatic N) is 2. The van der Waals surface area contributed by atoms with Crippen molar-refractivity contribution in [2.75, 3.05) is 17.1 Å². The molecule has 3 aromatic rings. The molecule has 0 saturated carbocycles. The molecule has 2 aliphatic heterocycles. The zero-order chi connectivity index (χ0) is 25.2. The summed E-state index contributed by atoms with van der Waals surface area (Å²) in [5.74, 6) is 0.384. The number of rotatable bonds is 4. The van der Waals surface area contributed by atoms with Crippen LogP contribution in [-0.2, 0) is 11.2 Å². The quantitative estimate of drug-likeness (QED) is 0.474. The molecule has 0 atom stereocenters. The number of hydrogen-bond donors (Lipinski definition) is 2. The fourth-order valence-electron chi connectivity index (χ4n) is 4.18. The van der Waals surface area contributed by atoms with Gasteiger partial charge in [-0.05, 0) is 77.2 Å². The maximum atomic E-state index is 12.9. The van der Waals surface area contributed by atoms with Crippen molar-refractivity contribution in [3.8, 4) is 11.5 Å². The lowest BCUT2D eigenvalue weighted by Crippen LogP contribution is -2.27. The van der Waals surface area contributed by atoms with Crippen LogP contribution in [0.3, 0.4) is 0 Å². The van der Waals surface area contributed by atoms with Crippen molar-refractivity contribution in [3.05, 3.63) is 88.4 Å². The minimum absolute atomic E-state index is 0.138. The van der Waals surface area contributed by atoms with Gasteiger partial charge in [-0.15, -0.1) is 0 Å². The summed E-state index contributed by atoms with van der Waals surface area (Å²) < 4.78 is 11.7. The van der Waals surface area contributed by atoms with Crippen LogP contribution < -0.4 is 25.5 Å². The fourth-order valence-corrected chi connectivity index (χ4v) is 4.64. The van der Waals surface area contributed by atoms with E-state index in [-0.39, 0.29) is 18.4 Å². The molecule has 3 N–H and O–H groups in total. The third-order valence-electron chi connectivity index (χ3n) is 6.02. The predicted octanol–water partition coefficient (Wildman–Crippen LogP) is 5.09. The summed E-state index contributed by atoms with van der Waals surface area (Å²) in [7, 11) is 0. The maximum absolute atomic E-state index is 12.9. The first-order valence-corrected chi connectivity index (χ1v) is 12.1. The van der Waals surface area contributed by atoms with Crippen molar-refractivity contribution >= 4 is 50.5 Å². The van der Waals surface area contributed by atoms with Crippen molar-refractivity contribution in [1.82, 2.24) is 0 Å². The number of hydrogen-bond acceptors (Lipinski definition) is 6. The van der Waals surface area contributed by atoms with Crippen molar-refractivity contribution in [3.63, 3.8) is 0 Å². The summed E-state index contributed by atoms with van der Waals surface area (Å²) in [6, 6.07) is 18.3. The minimum atomic E-state index is -0.583. The molecule has 0 bridgehead atoms. The number of amides is 2. The molecule has 0 spiro atoms. The van der Waals surface area contributed by atoms with Gasteiger partial charge in [0, 0.05) is 21.8 Å². The van der Waals surface area contributed by atoms with Gasteiger partial charge in [0.05, 0.1) is 16.9 Å². The Morgan fingerprint density at radius 1 is 1.03 bits per heavy atom. The molecule has 9 heteroatoms. The van der Waals surface area contributed by atoms with E-state index < -0.39 is 5.91 Å². The summed E-state index contributed by atoms with van der Waals surface area (Å²) >= 11 is 3.43. The number of aryl methyl sites for hydroxylation is 1. The van der Waals surface area contributed by atoms with E-state index in [0.717, 1.165) is 11.1 Å². The lowest BCUT2D eigenvalue weighted by atomic mass is 9.98. The third-order valence-corrected chi connectivity index (χ3v) is 6.71. The number of ether oxygens (including phenoxy) is 2. The number of carbonyl (C=O) groups is 2. The smallest absolute Gasteiger partial charge is 0.264 e. The number of nitrogens with one attached hydrogen (secondary N) is 1. The first-order valence-electron chi connectivity index (χ1n) is 11.4. The highest BCUT2D eigenvalue weighted by atomic mass is 79.9. The highest BCUT2D eigenvalue weighted by molar-refractivity contribution is 9.10. The Bertz CT molecular complexity index is 1420. The average molecular weight is 547 g/mol.